The molecule has 0 atom stereocenters. The molecule has 0 unspecified atom stereocenters. The molecule has 1 heterocycles. The summed E-state index contributed by atoms with van der Waals surface area (Å²) in [5.41, 5.74) is 2.81. The van der Waals surface area contributed by atoms with Crippen molar-refractivity contribution in [3.05, 3.63) is 84.1 Å². The summed E-state index contributed by atoms with van der Waals surface area (Å²) in [6.07, 6.45) is 0. The van der Waals surface area contributed by atoms with Crippen LogP contribution in [0.5, 0.6) is 11.5 Å². The molecule has 0 saturated carbocycles. The number of carbonyl (C=O) groups is 2. The number of rotatable bonds is 8. The minimum absolute atomic E-state index is 0.131. The van der Waals surface area contributed by atoms with Gasteiger partial charge in [-0.15, -0.1) is 0 Å². The van der Waals surface area contributed by atoms with Crippen LogP contribution in [0.3, 0.4) is 0 Å². The van der Waals surface area contributed by atoms with Gasteiger partial charge < -0.3 is 24.5 Å². The molecule has 2 N–H and O–H groups in total. The summed E-state index contributed by atoms with van der Waals surface area (Å²) in [6.45, 7) is 4.11. The summed E-state index contributed by atoms with van der Waals surface area (Å²) in [5, 5.41) is 6.40. The second kappa shape index (κ2) is 10.1. The van der Waals surface area contributed by atoms with Crippen LogP contribution in [0.4, 0.5) is 11.4 Å². The molecule has 3 aromatic carbocycles. The number of benzene rings is 3. The van der Waals surface area contributed by atoms with Crippen LogP contribution in [0, 0.1) is 0 Å². The molecule has 4 rings (SSSR count). The Morgan fingerprint density at radius 3 is 2.41 bits per heavy atom. The van der Waals surface area contributed by atoms with E-state index in [9.17, 15) is 9.59 Å². The monoisotopic (exact) mass is 458 g/mol. The van der Waals surface area contributed by atoms with Crippen molar-refractivity contribution in [2.24, 2.45) is 0 Å². The van der Waals surface area contributed by atoms with Gasteiger partial charge in [-0.05, 0) is 47.9 Å². The fourth-order valence-corrected chi connectivity index (χ4v) is 3.44. The second-order valence-corrected chi connectivity index (χ2v) is 8.08. The van der Waals surface area contributed by atoms with Crippen molar-refractivity contribution < 1.29 is 23.5 Å². The Bertz CT molecular complexity index is 1280. The van der Waals surface area contributed by atoms with Crippen molar-refractivity contribution in [2.45, 2.75) is 19.8 Å². The highest BCUT2D eigenvalue weighted by molar-refractivity contribution is 6.05. The lowest BCUT2D eigenvalue weighted by atomic mass is 10.0. The fraction of sp³-hybridized carbons (Fsp3) is 0.185. The number of ether oxygens (including phenoxy) is 2. The van der Waals surface area contributed by atoms with Crippen LogP contribution in [0.1, 0.15) is 35.9 Å². The van der Waals surface area contributed by atoms with Gasteiger partial charge in [-0.3, -0.25) is 9.59 Å². The van der Waals surface area contributed by atoms with Crippen molar-refractivity contribution in [3.63, 3.8) is 0 Å². The Kier molecular flexibility index (Phi) is 6.82. The van der Waals surface area contributed by atoms with Crippen LogP contribution in [0.25, 0.3) is 11.0 Å². The Balaban J connectivity index is 1.37. The van der Waals surface area contributed by atoms with Crippen LogP contribution >= 0.6 is 0 Å². The summed E-state index contributed by atoms with van der Waals surface area (Å²) in [4.78, 5) is 25.0. The van der Waals surface area contributed by atoms with E-state index < -0.39 is 5.91 Å². The van der Waals surface area contributed by atoms with Gasteiger partial charge in [0, 0.05) is 17.1 Å². The topological polar surface area (TPSA) is 89.8 Å². The first kappa shape index (κ1) is 22.9. The highest BCUT2D eigenvalue weighted by Crippen LogP contribution is 2.29. The molecule has 0 aliphatic rings. The number of fused-ring (bicyclic) bond motifs is 1. The van der Waals surface area contributed by atoms with Gasteiger partial charge in [0.05, 0.1) is 12.8 Å². The molecule has 0 radical (unpaired) electrons. The van der Waals surface area contributed by atoms with Gasteiger partial charge in [0.1, 0.15) is 17.1 Å². The Labute approximate surface area is 197 Å². The minimum Gasteiger partial charge on any atom is -0.494 e. The molecular formula is C27H26N2O5. The third kappa shape index (κ3) is 5.38. The molecule has 4 aromatic rings. The van der Waals surface area contributed by atoms with Crippen molar-refractivity contribution in [2.75, 3.05) is 24.4 Å². The molecule has 174 valence electrons. The van der Waals surface area contributed by atoms with Crippen LogP contribution < -0.4 is 20.1 Å². The molecule has 0 saturated heterocycles. The molecule has 0 bridgehead atoms. The zero-order chi connectivity index (χ0) is 24.1. The van der Waals surface area contributed by atoms with E-state index in [1.54, 1.807) is 30.3 Å². The van der Waals surface area contributed by atoms with Gasteiger partial charge in [-0.25, -0.2) is 0 Å². The number of anilines is 2. The number of para-hydroxylation sites is 1. The quantitative estimate of drug-likeness (QED) is 0.346. The number of carbonyl (C=O) groups excluding carboxylic acids is 2. The fourth-order valence-electron chi connectivity index (χ4n) is 3.44. The van der Waals surface area contributed by atoms with E-state index in [0.717, 1.165) is 5.39 Å². The third-order valence-corrected chi connectivity index (χ3v) is 5.30. The average molecular weight is 459 g/mol. The van der Waals surface area contributed by atoms with Crippen LogP contribution in [0.2, 0.25) is 0 Å². The van der Waals surface area contributed by atoms with E-state index >= 15 is 0 Å². The normalized spacial score (nSPS) is 10.8. The summed E-state index contributed by atoms with van der Waals surface area (Å²) in [6, 6.07) is 21.7. The Hall–Kier alpha value is -4.26. The molecule has 0 aliphatic heterocycles. The number of hydrogen-bond donors (Lipinski definition) is 2. The van der Waals surface area contributed by atoms with E-state index in [4.69, 9.17) is 13.9 Å². The molecule has 7 heteroatoms. The lowest BCUT2D eigenvalue weighted by Crippen LogP contribution is -2.20. The maximum atomic E-state index is 12.6. The number of hydrogen-bond acceptors (Lipinski definition) is 5. The van der Waals surface area contributed by atoms with Crippen LogP contribution in [0.15, 0.2) is 77.2 Å². The first-order valence-corrected chi connectivity index (χ1v) is 10.9. The van der Waals surface area contributed by atoms with Gasteiger partial charge in [0.25, 0.3) is 11.8 Å². The Morgan fingerprint density at radius 1 is 0.941 bits per heavy atom. The van der Waals surface area contributed by atoms with E-state index in [0.29, 0.717) is 34.4 Å². The third-order valence-electron chi connectivity index (χ3n) is 5.30. The highest BCUT2D eigenvalue weighted by atomic mass is 16.5. The summed E-state index contributed by atoms with van der Waals surface area (Å²) < 4.78 is 16.6. The minimum atomic E-state index is -0.400. The summed E-state index contributed by atoms with van der Waals surface area (Å²) >= 11 is 0. The summed E-state index contributed by atoms with van der Waals surface area (Å²) in [5.74, 6) is 0.934. The van der Waals surface area contributed by atoms with Crippen molar-refractivity contribution >= 4 is 34.2 Å². The van der Waals surface area contributed by atoms with Crippen LogP contribution in [-0.4, -0.2) is 25.5 Å². The predicted octanol–water partition coefficient (Wildman–Crippen LogP) is 5.83. The number of nitrogens with one attached hydrogen (secondary N) is 2. The van der Waals surface area contributed by atoms with E-state index in [-0.39, 0.29) is 18.3 Å². The first-order chi connectivity index (χ1) is 16.4. The summed E-state index contributed by atoms with van der Waals surface area (Å²) in [7, 11) is 1.49. The molecule has 2 amide bonds. The maximum Gasteiger partial charge on any atom is 0.291 e. The second-order valence-electron chi connectivity index (χ2n) is 8.08. The van der Waals surface area contributed by atoms with Crippen molar-refractivity contribution in [1.82, 2.24) is 0 Å². The van der Waals surface area contributed by atoms with Gasteiger partial charge in [0.2, 0.25) is 0 Å². The molecule has 34 heavy (non-hydrogen) atoms. The van der Waals surface area contributed by atoms with Gasteiger partial charge in [-0.1, -0.05) is 44.2 Å². The SMILES string of the molecule is COc1cc(NC(=O)COc2ccc(C(C)C)cc2)ccc1NC(=O)c1cc2ccccc2o1. The smallest absolute Gasteiger partial charge is 0.291 e. The first-order valence-electron chi connectivity index (χ1n) is 10.9. The highest BCUT2D eigenvalue weighted by Gasteiger charge is 2.15. The van der Waals surface area contributed by atoms with E-state index in [1.165, 1.54) is 12.7 Å². The average Bonchev–Trinajstić information content (AvgIpc) is 3.28. The van der Waals surface area contributed by atoms with Crippen LogP contribution in [-0.2, 0) is 4.79 Å². The number of amides is 2. The van der Waals surface area contributed by atoms with Crippen molar-refractivity contribution in [3.8, 4) is 11.5 Å². The lowest BCUT2D eigenvalue weighted by molar-refractivity contribution is -0.118. The van der Waals surface area contributed by atoms with E-state index in [1.807, 2.05) is 42.5 Å². The maximum absolute atomic E-state index is 12.6. The van der Waals surface area contributed by atoms with E-state index in [2.05, 4.69) is 24.5 Å². The van der Waals surface area contributed by atoms with Crippen molar-refractivity contribution in [1.29, 1.82) is 0 Å². The predicted molar refractivity (Wildman–Crippen MR) is 132 cm³/mol. The van der Waals surface area contributed by atoms with Gasteiger partial charge in [0.15, 0.2) is 12.4 Å². The van der Waals surface area contributed by atoms with Gasteiger partial charge >= 0.3 is 0 Å². The lowest BCUT2D eigenvalue weighted by Gasteiger charge is -2.13. The molecule has 7 nitrogen and oxygen atoms in total. The Morgan fingerprint density at radius 2 is 1.71 bits per heavy atom. The molecule has 0 fully saturated rings. The largest absolute Gasteiger partial charge is 0.494 e. The zero-order valence-corrected chi connectivity index (χ0v) is 19.3. The zero-order valence-electron chi connectivity index (χ0n) is 19.3. The number of furan rings is 1. The molecule has 0 aliphatic carbocycles. The standard InChI is InChI=1S/C27H26N2O5/c1-17(2)18-8-11-21(12-9-18)33-16-26(30)28-20-10-13-22(24(15-20)32-3)29-27(31)25-14-19-6-4-5-7-23(19)34-25/h4-15,17H,16H2,1-3H3,(H,28,30)(H,29,31). The molecule has 1 aromatic heterocycles. The number of methoxy groups -OCH3 is 1. The van der Waals surface area contributed by atoms with Gasteiger partial charge in [-0.2, -0.15) is 0 Å². The molecular weight excluding hydrogens is 432 g/mol. The molecule has 0 spiro atoms.